The zero-order valence-electron chi connectivity index (χ0n) is 19.5. The summed E-state index contributed by atoms with van der Waals surface area (Å²) in [5.41, 5.74) is 3.74. The Balaban J connectivity index is 1.62. The van der Waals surface area contributed by atoms with Gasteiger partial charge < -0.3 is 15.4 Å². The molecule has 2 aliphatic heterocycles. The van der Waals surface area contributed by atoms with Gasteiger partial charge in [-0.3, -0.25) is 9.69 Å². The van der Waals surface area contributed by atoms with E-state index in [4.69, 9.17) is 16.3 Å². The van der Waals surface area contributed by atoms with Gasteiger partial charge in [-0.1, -0.05) is 53.6 Å². The number of rotatable bonds is 3. The number of aryl methyl sites for hydroxylation is 3. The first-order chi connectivity index (χ1) is 16.2. The van der Waals surface area contributed by atoms with E-state index in [1.807, 2.05) is 75.4 Å². The maximum atomic E-state index is 13.8. The molecule has 0 radical (unpaired) electrons. The van der Waals surface area contributed by atoms with Crippen LogP contribution in [0.15, 0.2) is 60.7 Å². The lowest BCUT2D eigenvalue weighted by molar-refractivity contribution is -0.131. The number of para-hydroxylation sites is 1. The number of urea groups is 1. The Hall–Kier alpha value is -3.51. The lowest BCUT2D eigenvalue weighted by Crippen LogP contribution is -2.72. The van der Waals surface area contributed by atoms with Crippen LogP contribution in [0.25, 0.3) is 0 Å². The molecular weight excluding hydrogens is 450 g/mol. The summed E-state index contributed by atoms with van der Waals surface area (Å²) < 4.78 is 6.48. The highest BCUT2D eigenvalue weighted by Gasteiger charge is 2.60. The van der Waals surface area contributed by atoms with E-state index in [2.05, 4.69) is 10.6 Å². The van der Waals surface area contributed by atoms with E-state index in [1.165, 1.54) is 4.90 Å². The van der Waals surface area contributed by atoms with E-state index in [0.717, 1.165) is 27.9 Å². The molecule has 3 aromatic carbocycles. The van der Waals surface area contributed by atoms with Crippen molar-refractivity contribution in [2.75, 3.05) is 10.2 Å². The SMILES string of the molecule is Cc1ccc(NC(=O)[C@@H]2[C@H]3NC(=O)N(c4ccc(C)c(Cl)c4)[C@@]2(C)Oc2ccccc23)c(C)c1. The van der Waals surface area contributed by atoms with Gasteiger partial charge >= 0.3 is 6.03 Å². The average Bonchev–Trinajstić information content (AvgIpc) is 2.77. The number of nitrogens with one attached hydrogen (secondary N) is 2. The normalized spacial score (nSPS) is 23.0. The van der Waals surface area contributed by atoms with Crippen LogP contribution in [0.2, 0.25) is 5.02 Å². The van der Waals surface area contributed by atoms with Crippen LogP contribution in [0.1, 0.15) is 35.2 Å². The fourth-order valence-electron chi connectivity index (χ4n) is 5.00. The Bertz CT molecular complexity index is 1320. The van der Waals surface area contributed by atoms with Crippen LogP contribution in [0.5, 0.6) is 5.75 Å². The van der Waals surface area contributed by atoms with Crippen LogP contribution in [0, 0.1) is 26.7 Å². The Kier molecular flexibility index (Phi) is 5.29. The number of hydrogen-bond acceptors (Lipinski definition) is 3. The second kappa shape index (κ2) is 8.06. The third-order valence-corrected chi connectivity index (χ3v) is 7.15. The molecule has 1 saturated heterocycles. The van der Waals surface area contributed by atoms with Gasteiger partial charge in [-0.25, -0.2) is 4.79 Å². The average molecular weight is 476 g/mol. The van der Waals surface area contributed by atoms with Crippen LogP contribution in [-0.4, -0.2) is 17.7 Å². The zero-order valence-corrected chi connectivity index (χ0v) is 20.2. The van der Waals surface area contributed by atoms with Gasteiger partial charge in [0.25, 0.3) is 0 Å². The molecule has 2 aliphatic rings. The molecule has 0 spiro atoms. The molecule has 34 heavy (non-hydrogen) atoms. The van der Waals surface area contributed by atoms with Crippen molar-refractivity contribution in [3.05, 3.63) is 87.9 Å². The molecule has 6 nitrogen and oxygen atoms in total. The summed E-state index contributed by atoms with van der Waals surface area (Å²) in [5, 5.41) is 6.66. The monoisotopic (exact) mass is 475 g/mol. The summed E-state index contributed by atoms with van der Waals surface area (Å²) in [6, 6.07) is 17.9. The molecule has 7 heteroatoms. The van der Waals surface area contributed by atoms with Gasteiger partial charge in [0.05, 0.1) is 11.7 Å². The number of halogens is 1. The maximum Gasteiger partial charge on any atom is 0.325 e. The van der Waals surface area contributed by atoms with Crippen LogP contribution in [-0.2, 0) is 4.79 Å². The number of fused-ring (bicyclic) bond motifs is 4. The molecule has 2 heterocycles. The van der Waals surface area contributed by atoms with Gasteiger partial charge in [-0.05, 0) is 63.1 Å². The summed E-state index contributed by atoms with van der Waals surface area (Å²) in [6.07, 6.45) is 0. The van der Waals surface area contributed by atoms with Gasteiger partial charge in [0.15, 0.2) is 0 Å². The molecule has 0 saturated carbocycles. The van der Waals surface area contributed by atoms with Crippen molar-refractivity contribution in [2.45, 2.75) is 39.5 Å². The molecule has 3 atom stereocenters. The van der Waals surface area contributed by atoms with Crippen molar-refractivity contribution in [1.29, 1.82) is 0 Å². The standard InChI is InChI=1S/C27H26ClN3O3/c1-15-9-12-21(17(3)13-15)29-25(32)23-24-19-7-5-6-8-22(19)34-27(23,4)31(26(33)30-24)18-11-10-16(2)20(28)14-18/h5-14,23-24H,1-4H3,(H,29,32)(H,30,33)/t23-,24-,27-/m0/s1. The molecular formula is C27H26ClN3O3. The first-order valence-electron chi connectivity index (χ1n) is 11.2. The van der Waals surface area contributed by atoms with Crippen LogP contribution in [0.3, 0.4) is 0 Å². The lowest BCUT2D eigenvalue weighted by atomic mass is 9.78. The first kappa shape index (κ1) is 22.3. The van der Waals surface area contributed by atoms with Crippen LogP contribution in [0.4, 0.5) is 16.2 Å². The van der Waals surface area contributed by atoms with E-state index < -0.39 is 17.7 Å². The molecule has 5 rings (SSSR count). The molecule has 3 amide bonds. The molecule has 0 aliphatic carbocycles. The number of carbonyl (C=O) groups excluding carboxylic acids is 2. The quantitative estimate of drug-likeness (QED) is 0.495. The topological polar surface area (TPSA) is 70.7 Å². The highest BCUT2D eigenvalue weighted by atomic mass is 35.5. The van der Waals surface area contributed by atoms with Gasteiger partial charge in [-0.2, -0.15) is 0 Å². The third kappa shape index (κ3) is 3.49. The van der Waals surface area contributed by atoms with Crippen molar-refractivity contribution in [3.8, 4) is 5.75 Å². The largest absolute Gasteiger partial charge is 0.466 e. The fourth-order valence-corrected chi connectivity index (χ4v) is 5.18. The number of nitrogens with zero attached hydrogens (tertiary/aromatic N) is 1. The van der Waals surface area contributed by atoms with Crippen LogP contribution >= 0.6 is 11.6 Å². The van der Waals surface area contributed by atoms with E-state index >= 15 is 0 Å². The van der Waals surface area contributed by atoms with Gasteiger partial charge in [0.2, 0.25) is 11.6 Å². The molecule has 1 fully saturated rings. The van der Waals surface area contributed by atoms with Crippen molar-refractivity contribution in [2.24, 2.45) is 5.92 Å². The van der Waals surface area contributed by atoms with E-state index in [0.29, 0.717) is 16.5 Å². The molecule has 174 valence electrons. The van der Waals surface area contributed by atoms with Gasteiger partial charge in [0.1, 0.15) is 11.7 Å². The fraction of sp³-hybridized carbons (Fsp3) is 0.259. The Labute approximate surface area is 203 Å². The first-order valence-corrected chi connectivity index (χ1v) is 11.6. The summed E-state index contributed by atoms with van der Waals surface area (Å²) in [7, 11) is 0. The van der Waals surface area contributed by atoms with E-state index in [1.54, 1.807) is 13.0 Å². The Morgan fingerprint density at radius 1 is 1.06 bits per heavy atom. The molecule has 2 N–H and O–H groups in total. The smallest absolute Gasteiger partial charge is 0.325 e. The second-order valence-electron chi connectivity index (χ2n) is 9.18. The molecule has 0 aromatic heterocycles. The lowest BCUT2D eigenvalue weighted by Gasteiger charge is -2.54. The minimum Gasteiger partial charge on any atom is -0.466 e. The number of benzene rings is 3. The number of hydrogen-bond donors (Lipinski definition) is 2. The van der Waals surface area contributed by atoms with E-state index in [-0.39, 0.29) is 11.9 Å². The summed E-state index contributed by atoms with van der Waals surface area (Å²) in [4.78, 5) is 28.7. The number of anilines is 2. The number of amides is 3. The predicted octanol–water partition coefficient (Wildman–Crippen LogP) is 5.90. The van der Waals surface area contributed by atoms with Crippen LogP contribution < -0.4 is 20.3 Å². The highest BCUT2D eigenvalue weighted by Crippen LogP contribution is 2.50. The minimum absolute atomic E-state index is 0.239. The van der Waals surface area contributed by atoms with Gasteiger partial charge in [0, 0.05) is 16.3 Å². The van der Waals surface area contributed by atoms with E-state index in [9.17, 15) is 9.59 Å². The minimum atomic E-state index is -1.29. The molecule has 3 aromatic rings. The number of carbonyl (C=O) groups is 2. The predicted molar refractivity (Wildman–Crippen MR) is 133 cm³/mol. The van der Waals surface area contributed by atoms with Crippen molar-refractivity contribution in [3.63, 3.8) is 0 Å². The molecule has 2 bridgehead atoms. The maximum absolute atomic E-state index is 13.8. The number of ether oxygens (including phenoxy) is 1. The summed E-state index contributed by atoms with van der Waals surface area (Å²) >= 11 is 6.40. The zero-order chi connectivity index (χ0) is 24.2. The summed E-state index contributed by atoms with van der Waals surface area (Å²) in [5.74, 6) is -0.341. The summed E-state index contributed by atoms with van der Waals surface area (Å²) in [6.45, 7) is 7.65. The highest BCUT2D eigenvalue weighted by molar-refractivity contribution is 6.31. The molecule has 0 unspecified atom stereocenters. The Morgan fingerprint density at radius 3 is 2.56 bits per heavy atom. The van der Waals surface area contributed by atoms with Gasteiger partial charge in [-0.15, -0.1) is 0 Å². The van der Waals surface area contributed by atoms with Crippen molar-refractivity contribution in [1.82, 2.24) is 5.32 Å². The van der Waals surface area contributed by atoms with Crippen molar-refractivity contribution < 1.29 is 14.3 Å². The Morgan fingerprint density at radius 2 is 1.82 bits per heavy atom. The third-order valence-electron chi connectivity index (χ3n) is 6.74. The van der Waals surface area contributed by atoms with Crippen molar-refractivity contribution >= 4 is 34.9 Å². The second-order valence-corrected chi connectivity index (χ2v) is 9.58.